The van der Waals surface area contributed by atoms with Crippen molar-refractivity contribution < 1.29 is 23.8 Å². The van der Waals surface area contributed by atoms with E-state index in [4.69, 9.17) is 9.72 Å². The van der Waals surface area contributed by atoms with E-state index in [0.29, 0.717) is 24.4 Å². The molecular weight excluding hydrogens is 551 g/mol. The highest BCUT2D eigenvalue weighted by molar-refractivity contribution is 5.91. The van der Waals surface area contributed by atoms with Gasteiger partial charge in [-0.1, -0.05) is 44.2 Å². The standard InChI is InChI=1S/C33H35FN4O5/c1-5-20-21-11-8-10-14-27(21)36-29-23(20)18-38-28(29)17-25(33(42,6-2)32(41)35-15-16-37(3)4)24(30(38)39)19-43-31(40)22-12-7-9-13-26(22)34/h7-14,17,42H,5-6,15-16,18-19H2,1-4H3,(H,35,41)/t33-/m0/s1. The van der Waals surface area contributed by atoms with Gasteiger partial charge in [-0.2, -0.15) is 0 Å². The number of aromatic nitrogens is 2. The summed E-state index contributed by atoms with van der Waals surface area (Å²) in [7, 11) is 3.72. The van der Waals surface area contributed by atoms with Gasteiger partial charge in [-0.3, -0.25) is 9.59 Å². The highest BCUT2D eigenvalue weighted by Gasteiger charge is 2.41. The quantitative estimate of drug-likeness (QED) is 0.240. The van der Waals surface area contributed by atoms with E-state index in [9.17, 15) is 23.9 Å². The summed E-state index contributed by atoms with van der Waals surface area (Å²) in [6, 6.07) is 14.7. The van der Waals surface area contributed by atoms with Crippen molar-refractivity contribution in [2.45, 2.75) is 45.4 Å². The number of carbonyl (C=O) groups is 2. The zero-order valence-electron chi connectivity index (χ0n) is 24.7. The van der Waals surface area contributed by atoms with Crippen LogP contribution in [0.4, 0.5) is 4.39 Å². The van der Waals surface area contributed by atoms with Crippen LogP contribution in [0.15, 0.2) is 59.4 Å². The monoisotopic (exact) mass is 586 g/mol. The number of aliphatic hydroxyl groups is 1. The van der Waals surface area contributed by atoms with Gasteiger partial charge in [-0.25, -0.2) is 14.2 Å². The minimum absolute atomic E-state index is 0.0239. The number of para-hydroxylation sites is 1. The first-order valence-corrected chi connectivity index (χ1v) is 14.4. The van der Waals surface area contributed by atoms with Crippen molar-refractivity contribution >= 4 is 22.8 Å². The molecule has 10 heteroatoms. The normalized spacial score (nSPS) is 13.5. The Hall–Kier alpha value is -4.41. The third kappa shape index (κ3) is 5.44. The van der Waals surface area contributed by atoms with E-state index in [2.05, 4.69) is 5.32 Å². The average molecular weight is 587 g/mol. The maximum Gasteiger partial charge on any atom is 0.341 e. The van der Waals surface area contributed by atoms with Crippen molar-refractivity contribution in [3.8, 4) is 11.4 Å². The van der Waals surface area contributed by atoms with Gasteiger partial charge < -0.3 is 24.6 Å². The van der Waals surface area contributed by atoms with Crippen LogP contribution >= 0.6 is 0 Å². The summed E-state index contributed by atoms with van der Waals surface area (Å²) in [6.07, 6.45) is 0.650. The van der Waals surface area contributed by atoms with E-state index in [1.807, 2.05) is 50.2 Å². The number of likely N-dealkylation sites (N-methyl/N-ethyl adjacent to an activating group) is 1. The molecule has 0 spiro atoms. The number of hydrogen-bond acceptors (Lipinski definition) is 7. The molecule has 0 radical (unpaired) electrons. The van der Waals surface area contributed by atoms with Crippen LogP contribution in [-0.4, -0.2) is 58.6 Å². The molecule has 0 saturated heterocycles. The zero-order valence-corrected chi connectivity index (χ0v) is 24.7. The second-order valence-corrected chi connectivity index (χ2v) is 10.9. The Labute approximate surface area is 248 Å². The van der Waals surface area contributed by atoms with Gasteiger partial charge in [0.05, 0.1) is 34.6 Å². The van der Waals surface area contributed by atoms with Crippen LogP contribution in [0.25, 0.3) is 22.3 Å². The molecule has 1 aliphatic rings. The van der Waals surface area contributed by atoms with Crippen molar-refractivity contribution in [1.29, 1.82) is 0 Å². The molecule has 2 N–H and O–H groups in total. The highest BCUT2D eigenvalue weighted by atomic mass is 19.1. The Balaban J connectivity index is 1.65. The van der Waals surface area contributed by atoms with Crippen molar-refractivity contribution in [2.75, 3.05) is 27.2 Å². The highest BCUT2D eigenvalue weighted by Crippen LogP contribution is 2.38. The van der Waals surface area contributed by atoms with Crippen LogP contribution in [0, 0.1) is 5.82 Å². The average Bonchev–Trinajstić information content (AvgIpc) is 3.37. The molecular formula is C33H35FN4O5. The molecule has 5 rings (SSSR count). The lowest BCUT2D eigenvalue weighted by Gasteiger charge is -2.29. The van der Waals surface area contributed by atoms with E-state index in [-0.39, 0.29) is 36.2 Å². The molecule has 2 aromatic heterocycles. The van der Waals surface area contributed by atoms with E-state index < -0.39 is 35.5 Å². The van der Waals surface area contributed by atoms with Crippen LogP contribution in [0.5, 0.6) is 0 Å². The lowest BCUT2D eigenvalue weighted by molar-refractivity contribution is -0.141. The second-order valence-electron chi connectivity index (χ2n) is 10.9. The van der Waals surface area contributed by atoms with Crippen molar-refractivity contribution in [3.05, 3.63) is 98.6 Å². The second kappa shape index (κ2) is 12.1. The smallest absolute Gasteiger partial charge is 0.341 e. The molecule has 0 unspecified atom stereocenters. The molecule has 2 aromatic carbocycles. The number of nitrogens with zero attached hydrogens (tertiary/aromatic N) is 3. The minimum atomic E-state index is -2.12. The summed E-state index contributed by atoms with van der Waals surface area (Å²) in [6.45, 7) is 4.16. The van der Waals surface area contributed by atoms with Crippen LogP contribution in [0.1, 0.15) is 52.9 Å². The van der Waals surface area contributed by atoms with Crippen molar-refractivity contribution in [3.63, 3.8) is 0 Å². The summed E-state index contributed by atoms with van der Waals surface area (Å²) >= 11 is 0. The maximum absolute atomic E-state index is 14.3. The molecule has 43 heavy (non-hydrogen) atoms. The number of hydrogen-bond donors (Lipinski definition) is 2. The van der Waals surface area contributed by atoms with Crippen molar-refractivity contribution in [2.24, 2.45) is 0 Å². The Kier molecular flexibility index (Phi) is 8.43. The summed E-state index contributed by atoms with van der Waals surface area (Å²) < 4.78 is 21.3. The number of carbonyl (C=O) groups excluding carboxylic acids is 2. The van der Waals surface area contributed by atoms with Gasteiger partial charge in [0.15, 0.2) is 5.60 Å². The van der Waals surface area contributed by atoms with Crippen LogP contribution in [-0.2, 0) is 34.7 Å². The molecule has 1 amide bonds. The summed E-state index contributed by atoms with van der Waals surface area (Å²) in [4.78, 5) is 47.3. The van der Waals surface area contributed by atoms with Gasteiger partial charge in [0, 0.05) is 29.6 Å². The molecule has 0 saturated carbocycles. The first-order chi connectivity index (χ1) is 20.6. The van der Waals surface area contributed by atoms with Gasteiger partial charge in [-0.05, 0) is 56.8 Å². The van der Waals surface area contributed by atoms with Crippen LogP contribution < -0.4 is 10.9 Å². The number of pyridine rings is 2. The Bertz CT molecular complexity index is 1780. The van der Waals surface area contributed by atoms with Gasteiger partial charge in [0.2, 0.25) is 0 Å². The van der Waals surface area contributed by atoms with E-state index in [0.717, 1.165) is 28.1 Å². The minimum Gasteiger partial charge on any atom is -0.457 e. The lowest BCUT2D eigenvalue weighted by Crippen LogP contribution is -2.47. The molecule has 224 valence electrons. The fourth-order valence-electron chi connectivity index (χ4n) is 5.67. The fraction of sp³-hybridized carbons (Fsp3) is 0.333. The first kappa shape index (κ1) is 30.1. The number of fused-ring (bicyclic) bond motifs is 4. The number of nitrogens with one attached hydrogen (secondary N) is 1. The van der Waals surface area contributed by atoms with Gasteiger partial charge >= 0.3 is 5.97 Å². The summed E-state index contributed by atoms with van der Waals surface area (Å²) in [5.41, 5.74) is 0.836. The number of ether oxygens (including phenoxy) is 1. The number of rotatable bonds is 10. The van der Waals surface area contributed by atoms with Crippen LogP contribution in [0.3, 0.4) is 0 Å². The topological polar surface area (TPSA) is 114 Å². The predicted octanol–water partition coefficient (Wildman–Crippen LogP) is 3.76. The number of amides is 1. The number of halogens is 1. The maximum atomic E-state index is 14.3. The van der Waals surface area contributed by atoms with Gasteiger partial charge in [0.1, 0.15) is 12.4 Å². The largest absolute Gasteiger partial charge is 0.457 e. The number of benzene rings is 2. The molecule has 0 fully saturated rings. The Morgan fingerprint density at radius 3 is 2.53 bits per heavy atom. The summed E-state index contributed by atoms with van der Waals surface area (Å²) in [5, 5.41) is 15.7. The van der Waals surface area contributed by atoms with Gasteiger partial charge in [-0.15, -0.1) is 0 Å². The molecule has 0 bridgehead atoms. The molecule has 3 heterocycles. The lowest BCUT2D eigenvalue weighted by atomic mass is 9.86. The SMILES string of the molecule is CCc1c2c(nc3ccccc13)-c1cc([C@@](O)(CC)C(=O)NCCN(C)C)c(COC(=O)c3ccccc3F)c(=O)n1C2. The third-order valence-corrected chi connectivity index (χ3v) is 8.04. The molecule has 9 nitrogen and oxygen atoms in total. The first-order valence-electron chi connectivity index (χ1n) is 14.4. The van der Waals surface area contributed by atoms with Crippen molar-refractivity contribution in [1.82, 2.24) is 19.8 Å². The molecule has 0 aliphatic carbocycles. The molecule has 4 aromatic rings. The van der Waals surface area contributed by atoms with E-state index >= 15 is 0 Å². The number of esters is 1. The molecule has 1 aliphatic heterocycles. The third-order valence-electron chi connectivity index (χ3n) is 8.04. The predicted molar refractivity (Wildman–Crippen MR) is 161 cm³/mol. The number of aryl methyl sites for hydroxylation is 1. The fourth-order valence-corrected chi connectivity index (χ4v) is 5.67. The Morgan fingerprint density at radius 1 is 1.12 bits per heavy atom. The summed E-state index contributed by atoms with van der Waals surface area (Å²) in [5.74, 6) is -2.40. The van der Waals surface area contributed by atoms with Gasteiger partial charge in [0.25, 0.3) is 11.5 Å². The Morgan fingerprint density at radius 2 is 1.84 bits per heavy atom. The zero-order chi connectivity index (χ0) is 30.9. The molecule has 1 atom stereocenters. The van der Waals surface area contributed by atoms with E-state index in [1.54, 1.807) is 13.0 Å². The van der Waals surface area contributed by atoms with E-state index in [1.165, 1.54) is 22.8 Å². The van der Waals surface area contributed by atoms with Crippen LogP contribution in [0.2, 0.25) is 0 Å².